The fraction of sp³-hybridized carbons (Fsp3) is 0.0435. The average Bonchev–Trinajstić information content (AvgIpc) is 2.74. The summed E-state index contributed by atoms with van der Waals surface area (Å²) in [6, 6.07) is 24.3. The SMILES string of the molecule is COC(=O)C(=Cn1c(=O)c2ccccc2c2ccccc21)c1ccccc1. The summed E-state index contributed by atoms with van der Waals surface area (Å²) < 4.78 is 6.48. The molecule has 0 saturated heterocycles. The lowest BCUT2D eigenvalue weighted by Crippen LogP contribution is -2.18. The largest absolute Gasteiger partial charge is 0.465 e. The van der Waals surface area contributed by atoms with Gasteiger partial charge in [-0.2, -0.15) is 0 Å². The van der Waals surface area contributed by atoms with E-state index in [9.17, 15) is 9.59 Å². The lowest BCUT2D eigenvalue weighted by Gasteiger charge is -2.12. The number of benzene rings is 3. The molecule has 4 aromatic rings. The molecule has 27 heavy (non-hydrogen) atoms. The summed E-state index contributed by atoms with van der Waals surface area (Å²) in [5, 5.41) is 2.44. The van der Waals surface area contributed by atoms with Crippen LogP contribution in [-0.2, 0) is 9.53 Å². The number of aromatic nitrogens is 1. The second-order valence-corrected chi connectivity index (χ2v) is 6.14. The highest BCUT2D eigenvalue weighted by Gasteiger charge is 2.15. The maximum absolute atomic E-state index is 13.2. The smallest absolute Gasteiger partial charge is 0.339 e. The minimum Gasteiger partial charge on any atom is -0.465 e. The summed E-state index contributed by atoms with van der Waals surface area (Å²) in [5.41, 5.74) is 1.56. The number of fused-ring (bicyclic) bond motifs is 3. The van der Waals surface area contributed by atoms with Crippen LogP contribution in [0.5, 0.6) is 0 Å². The minimum absolute atomic E-state index is 0.179. The standard InChI is InChI=1S/C23H17NO3/c1-27-23(26)20(16-9-3-2-4-10-16)15-24-21-14-8-7-12-18(21)17-11-5-6-13-19(17)22(24)25/h2-15H,1H3. The molecular weight excluding hydrogens is 338 g/mol. The number of methoxy groups -OCH3 is 1. The molecule has 0 bridgehead atoms. The molecule has 0 fully saturated rings. The Labute approximate surface area is 155 Å². The maximum atomic E-state index is 13.2. The molecule has 0 atom stereocenters. The summed E-state index contributed by atoms with van der Waals surface area (Å²) in [7, 11) is 1.33. The third-order valence-corrected chi connectivity index (χ3v) is 4.58. The molecular formula is C23H17NO3. The van der Waals surface area contributed by atoms with Crippen LogP contribution in [0.3, 0.4) is 0 Å². The summed E-state index contributed by atoms with van der Waals surface area (Å²) in [6.45, 7) is 0. The van der Waals surface area contributed by atoms with Crippen molar-refractivity contribution >= 4 is 39.4 Å². The van der Waals surface area contributed by atoms with Gasteiger partial charge in [-0.05, 0) is 23.1 Å². The Hall–Kier alpha value is -3.66. The molecule has 1 heterocycles. The Balaban J connectivity index is 2.10. The average molecular weight is 355 g/mol. The van der Waals surface area contributed by atoms with Crippen LogP contribution in [0.15, 0.2) is 83.7 Å². The molecule has 0 saturated carbocycles. The first-order chi connectivity index (χ1) is 13.2. The van der Waals surface area contributed by atoms with Crippen molar-refractivity contribution in [2.75, 3.05) is 7.11 Å². The predicted molar refractivity (Wildman–Crippen MR) is 108 cm³/mol. The molecule has 0 aliphatic carbocycles. The highest BCUT2D eigenvalue weighted by Crippen LogP contribution is 2.24. The molecule has 4 rings (SSSR count). The third-order valence-electron chi connectivity index (χ3n) is 4.58. The van der Waals surface area contributed by atoms with Gasteiger partial charge in [0.1, 0.15) is 0 Å². The Morgan fingerprint density at radius 3 is 2.11 bits per heavy atom. The number of ether oxygens (including phenoxy) is 1. The lowest BCUT2D eigenvalue weighted by molar-refractivity contribution is -0.133. The van der Waals surface area contributed by atoms with Crippen LogP contribution < -0.4 is 5.56 Å². The number of para-hydroxylation sites is 1. The highest BCUT2D eigenvalue weighted by atomic mass is 16.5. The van der Waals surface area contributed by atoms with Crippen molar-refractivity contribution in [2.45, 2.75) is 0 Å². The molecule has 4 nitrogen and oxygen atoms in total. The molecule has 0 aliphatic heterocycles. The normalized spacial score (nSPS) is 11.7. The van der Waals surface area contributed by atoms with E-state index in [-0.39, 0.29) is 5.56 Å². The molecule has 0 N–H and O–H groups in total. The number of hydrogen-bond acceptors (Lipinski definition) is 3. The van der Waals surface area contributed by atoms with Crippen molar-refractivity contribution in [1.29, 1.82) is 0 Å². The Bertz CT molecular complexity index is 1240. The minimum atomic E-state index is -0.495. The van der Waals surface area contributed by atoms with Crippen LogP contribution in [-0.4, -0.2) is 17.6 Å². The monoisotopic (exact) mass is 355 g/mol. The molecule has 1 aromatic heterocycles. The van der Waals surface area contributed by atoms with Crippen molar-refractivity contribution in [3.63, 3.8) is 0 Å². The van der Waals surface area contributed by atoms with Crippen LogP contribution in [0.25, 0.3) is 33.4 Å². The van der Waals surface area contributed by atoms with Crippen LogP contribution in [0.4, 0.5) is 0 Å². The molecule has 0 spiro atoms. The second kappa shape index (κ2) is 6.92. The number of pyridine rings is 1. The lowest BCUT2D eigenvalue weighted by atomic mass is 10.0. The van der Waals surface area contributed by atoms with E-state index in [1.165, 1.54) is 11.7 Å². The zero-order valence-electron chi connectivity index (χ0n) is 14.8. The van der Waals surface area contributed by atoms with Crippen LogP contribution in [0.1, 0.15) is 5.56 Å². The molecule has 132 valence electrons. The zero-order chi connectivity index (χ0) is 18.8. The van der Waals surface area contributed by atoms with Gasteiger partial charge < -0.3 is 4.74 Å². The Morgan fingerprint density at radius 2 is 1.41 bits per heavy atom. The zero-order valence-corrected chi connectivity index (χ0v) is 14.8. The summed E-state index contributed by atoms with van der Waals surface area (Å²) in [6.07, 6.45) is 1.57. The topological polar surface area (TPSA) is 48.3 Å². The Kier molecular flexibility index (Phi) is 4.30. The van der Waals surface area contributed by atoms with E-state index in [0.29, 0.717) is 16.5 Å². The van der Waals surface area contributed by atoms with Crippen LogP contribution >= 0.6 is 0 Å². The maximum Gasteiger partial charge on any atom is 0.339 e. The molecule has 0 radical (unpaired) electrons. The van der Waals surface area contributed by atoms with E-state index in [0.717, 1.165) is 16.3 Å². The van der Waals surface area contributed by atoms with E-state index in [2.05, 4.69) is 0 Å². The second-order valence-electron chi connectivity index (χ2n) is 6.14. The first kappa shape index (κ1) is 16.8. The highest BCUT2D eigenvalue weighted by molar-refractivity contribution is 6.20. The van der Waals surface area contributed by atoms with Crippen molar-refractivity contribution in [2.24, 2.45) is 0 Å². The van der Waals surface area contributed by atoms with Gasteiger partial charge in [-0.1, -0.05) is 66.7 Å². The van der Waals surface area contributed by atoms with E-state index in [4.69, 9.17) is 4.74 Å². The summed E-state index contributed by atoms with van der Waals surface area (Å²) in [4.78, 5) is 25.6. The van der Waals surface area contributed by atoms with Gasteiger partial charge >= 0.3 is 5.97 Å². The Morgan fingerprint density at radius 1 is 0.815 bits per heavy atom. The molecule has 0 amide bonds. The van der Waals surface area contributed by atoms with Crippen molar-refractivity contribution < 1.29 is 9.53 Å². The van der Waals surface area contributed by atoms with Crippen LogP contribution in [0.2, 0.25) is 0 Å². The number of carbonyl (C=O) groups excluding carboxylic acids is 1. The van der Waals surface area contributed by atoms with E-state index < -0.39 is 5.97 Å². The number of esters is 1. The van der Waals surface area contributed by atoms with Gasteiger partial charge in [-0.25, -0.2) is 4.79 Å². The number of hydrogen-bond donors (Lipinski definition) is 0. The van der Waals surface area contributed by atoms with Gasteiger partial charge in [-0.3, -0.25) is 9.36 Å². The van der Waals surface area contributed by atoms with E-state index in [1.54, 1.807) is 12.3 Å². The first-order valence-electron chi connectivity index (χ1n) is 8.58. The third kappa shape index (κ3) is 2.91. The van der Waals surface area contributed by atoms with Gasteiger partial charge in [0.05, 0.1) is 18.2 Å². The van der Waals surface area contributed by atoms with Gasteiger partial charge in [-0.15, -0.1) is 0 Å². The van der Waals surface area contributed by atoms with E-state index in [1.807, 2.05) is 72.8 Å². The molecule has 0 unspecified atom stereocenters. The van der Waals surface area contributed by atoms with Gasteiger partial charge in [0.15, 0.2) is 0 Å². The molecule has 0 aliphatic rings. The van der Waals surface area contributed by atoms with E-state index >= 15 is 0 Å². The van der Waals surface area contributed by atoms with Gasteiger partial charge in [0.2, 0.25) is 0 Å². The van der Waals surface area contributed by atoms with Crippen molar-refractivity contribution in [1.82, 2.24) is 4.57 Å². The number of rotatable bonds is 3. The molecule has 4 heteroatoms. The van der Waals surface area contributed by atoms with Crippen molar-refractivity contribution in [3.05, 3.63) is 94.8 Å². The number of carbonyl (C=O) groups is 1. The number of nitrogens with zero attached hydrogens (tertiary/aromatic N) is 1. The summed E-state index contributed by atoms with van der Waals surface area (Å²) in [5.74, 6) is -0.495. The first-order valence-corrected chi connectivity index (χ1v) is 8.58. The fourth-order valence-corrected chi connectivity index (χ4v) is 3.29. The fourth-order valence-electron chi connectivity index (χ4n) is 3.29. The van der Waals surface area contributed by atoms with Crippen molar-refractivity contribution in [3.8, 4) is 0 Å². The van der Waals surface area contributed by atoms with Crippen LogP contribution in [0, 0.1) is 0 Å². The summed E-state index contributed by atoms with van der Waals surface area (Å²) >= 11 is 0. The van der Waals surface area contributed by atoms with Gasteiger partial charge in [0.25, 0.3) is 5.56 Å². The predicted octanol–water partition coefficient (Wildman–Crippen LogP) is 4.33. The van der Waals surface area contributed by atoms with Gasteiger partial charge in [0, 0.05) is 17.0 Å². The molecule has 3 aromatic carbocycles. The quantitative estimate of drug-likeness (QED) is 0.312.